The van der Waals surface area contributed by atoms with Crippen LogP contribution in [0.1, 0.15) is 41.5 Å². The summed E-state index contributed by atoms with van der Waals surface area (Å²) >= 11 is 0. The Balaban J connectivity index is 1.67. The molecule has 110 valence electrons. The maximum Gasteiger partial charge on any atom is 0.125 e. The van der Waals surface area contributed by atoms with Gasteiger partial charge in [0.2, 0.25) is 0 Å². The summed E-state index contributed by atoms with van der Waals surface area (Å²) in [6.07, 6.45) is 6.32. The molecule has 1 atom stereocenters. The first kappa shape index (κ1) is 14.1. The molecular formula is C17H22N4. The minimum Gasteiger partial charge on any atom is -0.298 e. The van der Waals surface area contributed by atoms with Gasteiger partial charge < -0.3 is 0 Å². The van der Waals surface area contributed by atoms with E-state index in [0.717, 1.165) is 31.2 Å². The summed E-state index contributed by atoms with van der Waals surface area (Å²) in [5.41, 5.74) is 3.56. The van der Waals surface area contributed by atoms with E-state index in [0.29, 0.717) is 5.92 Å². The number of rotatable bonds is 3. The van der Waals surface area contributed by atoms with E-state index in [2.05, 4.69) is 38.1 Å². The SMILES string of the molecule is Cc1ccc(CN2CCC[C@H](c3ccnc(C)n3)C2)cn1. The topological polar surface area (TPSA) is 41.9 Å². The van der Waals surface area contributed by atoms with Crippen molar-refractivity contribution in [2.75, 3.05) is 13.1 Å². The lowest BCUT2D eigenvalue weighted by Gasteiger charge is -2.32. The van der Waals surface area contributed by atoms with Crippen molar-refractivity contribution < 1.29 is 0 Å². The highest BCUT2D eigenvalue weighted by Gasteiger charge is 2.22. The van der Waals surface area contributed by atoms with Crippen molar-refractivity contribution in [3.05, 3.63) is 53.4 Å². The van der Waals surface area contributed by atoms with Gasteiger partial charge in [-0.3, -0.25) is 9.88 Å². The Bertz CT molecular complexity index is 594. The molecule has 1 fully saturated rings. The summed E-state index contributed by atoms with van der Waals surface area (Å²) in [7, 11) is 0. The molecule has 0 radical (unpaired) electrons. The van der Waals surface area contributed by atoms with Gasteiger partial charge in [0.25, 0.3) is 0 Å². The van der Waals surface area contributed by atoms with Gasteiger partial charge in [0, 0.05) is 42.8 Å². The van der Waals surface area contributed by atoms with Crippen molar-refractivity contribution in [2.24, 2.45) is 0 Å². The first-order chi connectivity index (χ1) is 10.2. The van der Waals surface area contributed by atoms with E-state index in [1.165, 1.54) is 24.1 Å². The van der Waals surface area contributed by atoms with Gasteiger partial charge >= 0.3 is 0 Å². The highest BCUT2D eigenvalue weighted by atomic mass is 15.1. The maximum absolute atomic E-state index is 4.60. The second-order valence-corrected chi connectivity index (χ2v) is 5.91. The fourth-order valence-electron chi connectivity index (χ4n) is 2.99. The number of hydrogen-bond acceptors (Lipinski definition) is 4. The van der Waals surface area contributed by atoms with Crippen LogP contribution in [0.3, 0.4) is 0 Å². The fourth-order valence-corrected chi connectivity index (χ4v) is 2.99. The molecule has 0 unspecified atom stereocenters. The Morgan fingerprint density at radius 1 is 1.19 bits per heavy atom. The molecule has 3 rings (SSSR count). The number of aryl methyl sites for hydroxylation is 2. The van der Waals surface area contributed by atoms with Crippen LogP contribution >= 0.6 is 0 Å². The summed E-state index contributed by atoms with van der Waals surface area (Å²) in [5.74, 6) is 1.39. The van der Waals surface area contributed by atoms with Gasteiger partial charge in [0.1, 0.15) is 5.82 Å². The minimum atomic E-state index is 0.527. The second-order valence-electron chi connectivity index (χ2n) is 5.91. The first-order valence-electron chi connectivity index (χ1n) is 7.64. The first-order valence-corrected chi connectivity index (χ1v) is 7.64. The molecule has 2 aromatic rings. The van der Waals surface area contributed by atoms with Crippen molar-refractivity contribution in [3.8, 4) is 0 Å². The Morgan fingerprint density at radius 3 is 2.86 bits per heavy atom. The van der Waals surface area contributed by atoms with E-state index in [1.807, 2.05) is 26.2 Å². The van der Waals surface area contributed by atoms with Crippen LogP contribution in [-0.4, -0.2) is 32.9 Å². The summed E-state index contributed by atoms with van der Waals surface area (Å²) in [4.78, 5) is 15.7. The summed E-state index contributed by atoms with van der Waals surface area (Å²) < 4.78 is 0. The number of hydrogen-bond donors (Lipinski definition) is 0. The Morgan fingerprint density at radius 2 is 2.10 bits per heavy atom. The van der Waals surface area contributed by atoms with E-state index in [4.69, 9.17) is 0 Å². The molecule has 0 aromatic carbocycles. The molecule has 1 aliphatic heterocycles. The Hall–Kier alpha value is -1.81. The van der Waals surface area contributed by atoms with Crippen LogP contribution in [0.4, 0.5) is 0 Å². The molecule has 1 aliphatic rings. The largest absolute Gasteiger partial charge is 0.298 e. The van der Waals surface area contributed by atoms with Crippen LogP contribution in [-0.2, 0) is 6.54 Å². The Labute approximate surface area is 126 Å². The molecule has 0 saturated carbocycles. The maximum atomic E-state index is 4.60. The van der Waals surface area contributed by atoms with E-state index in [1.54, 1.807) is 0 Å². The van der Waals surface area contributed by atoms with Crippen LogP contribution in [0.5, 0.6) is 0 Å². The highest BCUT2D eigenvalue weighted by molar-refractivity contribution is 5.14. The summed E-state index contributed by atoms with van der Waals surface area (Å²) in [5, 5.41) is 0. The number of piperidine rings is 1. The third-order valence-electron chi connectivity index (χ3n) is 4.10. The van der Waals surface area contributed by atoms with Gasteiger partial charge in [0.05, 0.1) is 0 Å². The minimum absolute atomic E-state index is 0.527. The van der Waals surface area contributed by atoms with Gasteiger partial charge in [-0.2, -0.15) is 0 Å². The summed E-state index contributed by atoms with van der Waals surface area (Å²) in [6.45, 7) is 7.20. The van der Waals surface area contributed by atoms with Crippen molar-refractivity contribution >= 4 is 0 Å². The lowest BCUT2D eigenvalue weighted by molar-refractivity contribution is 0.198. The van der Waals surface area contributed by atoms with Gasteiger partial charge in [-0.15, -0.1) is 0 Å². The van der Waals surface area contributed by atoms with Crippen molar-refractivity contribution in [3.63, 3.8) is 0 Å². The molecule has 3 heterocycles. The zero-order chi connectivity index (χ0) is 14.7. The number of aromatic nitrogens is 3. The van der Waals surface area contributed by atoms with Crippen LogP contribution in [0.25, 0.3) is 0 Å². The molecule has 0 amide bonds. The van der Waals surface area contributed by atoms with E-state index < -0.39 is 0 Å². The van der Waals surface area contributed by atoms with Crippen LogP contribution in [0, 0.1) is 13.8 Å². The molecule has 0 aliphatic carbocycles. The second kappa shape index (κ2) is 6.31. The standard InChI is InChI=1S/C17H22N4/c1-13-5-6-15(10-19-13)11-21-9-3-4-16(12-21)17-7-8-18-14(2)20-17/h5-8,10,16H,3-4,9,11-12H2,1-2H3/t16-/m0/s1. The number of nitrogens with zero attached hydrogens (tertiary/aromatic N) is 4. The Kier molecular flexibility index (Phi) is 4.25. The average Bonchev–Trinajstić information content (AvgIpc) is 2.50. The monoisotopic (exact) mass is 282 g/mol. The van der Waals surface area contributed by atoms with E-state index >= 15 is 0 Å². The van der Waals surface area contributed by atoms with E-state index in [-0.39, 0.29) is 0 Å². The zero-order valence-electron chi connectivity index (χ0n) is 12.8. The smallest absolute Gasteiger partial charge is 0.125 e. The lowest BCUT2D eigenvalue weighted by atomic mass is 9.94. The average molecular weight is 282 g/mol. The molecule has 0 bridgehead atoms. The molecule has 21 heavy (non-hydrogen) atoms. The molecule has 4 heteroatoms. The van der Waals surface area contributed by atoms with E-state index in [9.17, 15) is 0 Å². The molecule has 4 nitrogen and oxygen atoms in total. The van der Waals surface area contributed by atoms with Gasteiger partial charge in [-0.05, 0) is 50.9 Å². The van der Waals surface area contributed by atoms with Crippen LogP contribution in [0.15, 0.2) is 30.6 Å². The predicted octanol–water partition coefficient (Wildman–Crippen LogP) is 2.87. The zero-order valence-corrected chi connectivity index (χ0v) is 12.8. The van der Waals surface area contributed by atoms with Crippen molar-refractivity contribution in [1.82, 2.24) is 19.9 Å². The molecule has 1 saturated heterocycles. The van der Waals surface area contributed by atoms with Gasteiger partial charge in [0.15, 0.2) is 0 Å². The third kappa shape index (κ3) is 3.64. The normalized spacial score (nSPS) is 19.6. The quantitative estimate of drug-likeness (QED) is 0.868. The van der Waals surface area contributed by atoms with Gasteiger partial charge in [-0.1, -0.05) is 6.07 Å². The molecule has 0 N–H and O–H groups in total. The fraction of sp³-hybridized carbons (Fsp3) is 0.471. The number of pyridine rings is 1. The molecule has 2 aromatic heterocycles. The summed E-state index contributed by atoms with van der Waals surface area (Å²) in [6, 6.07) is 6.33. The van der Waals surface area contributed by atoms with Crippen LogP contribution in [0.2, 0.25) is 0 Å². The lowest BCUT2D eigenvalue weighted by Crippen LogP contribution is -2.34. The number of likely N-dealkylation sites (tertiary alicyclic amines) is 1. The third-order valence-corrected chi connectivity index (χ3v) is 4.10. The molecule has 0 spiro atoms. The highest BCUT2D eigenvalue weighted by Crippen LogP contribution is 2.26. The van der Waals surface area contributed by atoms with Gasteiger partial charge in [-0.25, -0.2) is 9.97 Å². The van der Waals surface area contributed by atoms with Crippen molar-refractivity contribution in [1.29, 1.82) is 0 Å². The molecular weight excluding hydrogens is 260 g/mol. The van der Waals surface area contributed by atoms with Crippen LogP contribution < -0.4 is 0 Å². The van der Waals surface area contributed by atoms with Crippen molar-refractivity contribution in [2.45, 2.75) is 39.2 Å². The predicted molar refractivity (Wildman–Crippen MR) is 83.0 cm³/mol.